The highest BCUT2D eigenvalue weighted by Crippen LogP contribution is 2.30. The molecule has 0 spiro atoms. The van der Waals surface area contributed by atoms with Crippen LogP contribution in [0.1, 0.15) is 33.6 Å². The number of aromatic nitrogens is 2. The summed E-state index contributed by atoms with van der Waals surface area (Å²) in [6.07, 6.45) is -1.51. The van der Waals surface area contributed by atoms with Gasteiger partial charge in [0.25, 0.3) is 12.3 Å². The minimum atomic E-state index is -2.81. The van der Waals surface area contributed by atoms with Crippen molar-refractivity contribution < 1.29 is 13.6 Å². The largest absolute Gasteiger partial charge is 0.321 e. The summed E-state index contributed by atoms with van der Waals surface area (Å²) in [7, 11) is 1.51. The highest BCUT2D eigenvalue weighted by molar-refractivity contribution is 6.07. The lowest BCUT2D eigenvalue weighted by atomic mass is 9.99. The number of rotatable bonds is 4. The van der Waals surface area contributed by atoms with Gasteiger partial charge in [-0.2, -0.15) is 5.10 Å². The second kappa shape index (κ2) is 7.07. The molecule has 2 aromatic carbocycles. The van der Waals surface area contributed by atoms with Crippen molar-refractivity contribution in [3.05, 3.63) is 71.0 Å². The maximum absolute atomic E-state index is 13.1. The molecule has 0 saturated heterocycles. The molecule has 0 saturated carbocycles. The number of aryl methyl sites for hydroxylation is 3. The van der Waals surface area contributed by atoms with Crippen LogP contribution >= 0.6 is 0 Å². The molecule has 1 N–H and O–H groups in total. The van der Waals surface area contributed by atoms with E-state index >= 15 is 0 Å². The first-order valence-electron chi connectivity index (χ1n) is 8.16. The summed E-state index contributed by atoms with van der Waals surface area (Å²) >= 11 is 0. The second-order valence-electron chi connectivity index (χ2n) is 6.20. The first-order valence-corrected chi connectivity index (χ1v) is 8.16. The molecule has 3 aromatic rings. The number of hydrogen-bond donors (Lipinski definition) is 1. The number of halogens is 2. The molecular weight excluding hydrogens is 336 g/mol. The smallest absolute Gasteiger partial charge is 0.282 e. The molecule has 0 aliphatic heterocycles. The van der Waals surface area contributed by atoms with Crippen LogP contribution in [0.4, 0.5) is 14.5 Å². The predicted octanol–water partition coefficient (Wildman–Crippen LogP) is 4.89. The summed E-state index contributed by atoms with van der Waals surface area (Å²) in [6, 6.07) is 13.3. The number of anilines is 1. The molecule has 0 aliphatic carbocycles. The average Bonchev–Trinajstić information content (AvgIpc) is 3.00. The van der Waals surface area contributed by atoms with Crippen molar-refractivity contribution >= 4 is 11.6 Å². The summed E-state index contributed by atoms with van der Waals surface area (Å²) < 4.78 is 27.4. The van der Waals surface area contributed by atoms with Crippen molar-refractivity contribution in [1.82, 2.24) is 9.78 Å². The summed E-state index contributed by atoms with van der Waals surface area (Å²) in [4.78, 5) is 12.6. The lowest BCUT2D eigenvalue weighted by molar-refractivity contribution is 0.101. The number of alkyl halides is 2. The van der Waals surface area contributed by atoms with Crippen molar-refractivity contribution in [1.29, 1.82) is 0 Å². The van der Waals surface area contributed by atoms with Gasteiger partial charge in [-0.3, -0.25) is 9.48 Å². The molecule has 1 aromatic heterocycles. The van der Waals surface area contributed by atoms with Gasteiger partial charge in [-0.05, 0) is 36.6 Å². The Kier molecular flexibility index (Phi) is 4.84. The van der Waals surface area contributed by atoms with Crippen LogP contribution in [-0.2, 0) is 7.05 Å². The topological polar surface area (TPSA) is 46.9 Å². The van der Waals surface area contributed by atoms with Gasteiger partial charge in [0.2, 0.25) is 0 Å². The van der Waals surface area contributed by atoms with Gasteiger partial charge in [0, 0.05) is 24.5 Å². The molecular formula is C20H19F2N3O. The number of carbonyl (C=O) groups is 1. The number of nitrogens with zero attached hydrogens (tertiary/aromatic N) is 2. The fourth-order valence-corrected chi connectivity index (χ4v) is 2.78. The molecule has 0 aliphatic rings. The van der Waals surface area contributed by atoms with E-state index in [9.17, 15) is 13.6 Å². The number of nitrogens with one attached hydrogen (secondary N) is 1. The Morgan fingerprint density at radius 2 is 1.85 bits per heavy atom. The Labute approximate surface area is 150 Å². The summed E-state index contributed by atoms with van der Waals surface area (Å²) in [5.41, 5.74) is 4.00. The summed E-state index contributed by atoms with van der Waals surface area (Å²) in [5, 5.41) is 6.42. The van der Waals surface area contributed by atoms with E-state index in [0.29, 0.717) is 5.69 Å². The maximum Gasteiger partial charge on any atom is 0.282 e. The van der Waals surface area contributed by atoms with Crippen LogP contribution < -0.4 is 5.32 Å². The molecule has 26 heavy (non-hydrogen) atoms. The van der Waals surface area contributed by atoms with Gasteiger partial charge in [0.15, 0.2) is 0 Å². The van der Waals surface area contributed by atoms with E-state index in [-0.39, 0.29) is 5.56 Å². The van der Waals surface area contributed by atoms with Gasteiger partial charge in [0.1, 0.15) is 5.69 Å². The van der Waals surface area contributed by atoms with Crippen molar-refractivity contribution in [2.24, 2.45) is 7.05 Å². The van der Waals surface area contributed by atoms with Crippen LogP contribution in [0.15, 0.2) is 48.7 Å². The molecule has 0 radical (unpaired) electrons. The third kappa shape index (κ3) is 3.49. The number of benzene rings is 2. The van der Waals surface area contributed by atoms with Gasteiger partial charge in [-0.15, -0.1) is 0 Å². The van der Waals surface area contributed by atoms with E-state index < -0.39 is 18.0 Å². The minimum absolute atomic E-state index is 0.127. The fourth-order valence-electron chi connectivity index (χ4n) is 2.78. The van der Waals surface area contributed by atoms with Gasteiger partial charge in [-0.1, -0.05) is 36.4 Å². The Balaban J connectivity index is 1.96. The normalized spacial score (nSPS) is 11.0. The molecule has 0 fully saturated rings. The lowest BCUT2D eigenvalue weighted by Crippen LogP contribution is -2.14. The van der Waals surface area contributed by atoms with Crippen molar-refractivity contribution in [3.63, 3.8) is 0 Å². The second-order valence-corrected chi connectivity index (χ2v) is 6.20. The van der Waals surface area contributed by atoms with Crippen LogP contribution in [0.3, 0.4) is 0 Å². The van der Waals surface area contributed by atoms with Crippen LogP contribution in [0.25, 0.3) is 11.1 Å². The van der Waals surface area contributed by atoms with Crippen LogP contribution in [0.5, 0.6) is 0 Å². The average molecular weight is 355 g/mol. The third-order valence-electron chi connectivity index (χ3n) is 4.30. The van der Waals surface area contributed by atoms with Crippen molar-refractivity contribution in [3.8, 4) is 11.1 Å². The summed E-state index contributed by atoms with van der Waals surface area (Å²) in [5.74, 6) is -0.607. The zero-order chi connectivity index (χ0) is 18.8. The number of amides is 1. The molecule has 3 rings (SSSR count). The van der Waals surface area contributed by atoms with Gasteiger partial charge < -0.3 is 5.32 Å². The Morgan fingerprint density at radius 1 is 1.12 bits per heavy atom. The Hall–Kier alpha value is -3.02. The standard InChI is InChI=1S/C20H19F2N3O/c1-12-8-9-14(10-13(12)2)15-6-4-5-7-17(15)23-20(26)16-11-25(3)24-18(16)19(21)22/h4-11,19H,1-3H3,(H,23,26). The SMILES string of the molecule is Cc1ccc(-c2ccccc2NC(=O)c2cn(C)nc2C(F)F)cc1C. The number of para-hydroxylation sites is 1. The minimum Gasteiger partial charge on any atom is -0.321 e. The van der Waals surface area contributed by atoms with Crippen LogP contribution in [0.2, 0.25) is 0 Å². The van der Waals surface area contributed by atoms with E-state index in [1.54, 1.807) is 12.1 Å². The molecule has 134 valence electrons. The molecule has 1 heterocycles. The van der Waals surface area contributed by atoms with Crippen molar-refractivity contribution in [2.45, 2.75) is 20.3 Å². The van der Waals surface area contributed by atoms with E-state index in [1.165, 1.54) is 23.5 Å². The van der Waals surface area contributed by atoms with Gasteiger partial charge >= 0.3 is 0 Å². The fraction of sp³-hybridized carbons (Fsp3) is 0.200. The summed E-state index contributed by atoms with van der Waals surface area (Å²) in [6.45, 7) is 4.05. The predicted molar refractivity (Wildman–Crippen MR) is 97.5 cm³/mol. The molecule has 1 amide bonds. The molecule has 4 nitrogen and oxygen atoms in total. The molecule has 6 heteroatoms. The van der Waals surface area contributed by atoms with E-state index in [1.807, 2.05) is 44.2 Å². The first kappa shape index (κ1) is 17.8. The molecule has 0 atom stereocenters. The monoisotopic (exact) mass is 355 g/mol. The highest BCUT2D eigenvalue weighted by atomic mass is 19.3. The number of hydrogen-bond acceptors (Lipinski definition) is 2. The third-order valence-corrected chi connectivity index (χ3v) is 4.30. The van der Waals surface area contributed by atoms with Crippen LogP contribution in [0, 0.1) is 13.8 Å². The zero-order valence-corrected chi connectivity index (χ0v) is 14.8. The maximum atomic E-state index is 13.1. The Morgan fingerprint density at radius 3 is 2.54 bits per heavy atom. The van der Waals surface area contributed by atoms with E-state index in [4.69, 9.17) is 0 Å². The molecule has 0 unspecified atom stereocenters. The van der Waals surface area contributed by atoms with E-state index in [0.717, 1.165) is 16.7 Å². The van der Waals surface area contributed by atoms with Crippen molar-refractivity contribution in [2.75, 3.05) is 5.32 Å². The lowest BCUT2D eigenvalue weighted by Gasteiger charge is -2.12. The van der Waals surface area contributed by atoms with Gasteiger partial charge in [0.05, 0.1) is 5.56 Å². The van der Waals surface area contributed by atoms with E-state index in [2.05, 4.69) is 10.4 Å². The Bertz CT molecular complexity index is 963. The zero-order valence-electron chi connectivity index (χ0n) is 14.8. The first-order chi connectivity index (χ1) is 12.4. The molecule has 0 bridgehead atoms. The van der Waals surface area contributed by atoms with Crippen LogP contribution in [-0.4, -0.2) is 15.7 Å². The quantitative estimate of drug-likeness (QED) is 0.724. The van der Waals surface area contributed by atoms with Gasteiger partial charge in [-0.25, -0.2) is 8.78 Å². The number of carbonyl (C=O) groups excluding carboxylic acids is 1. The highest BCUT2D eigenvalue weighted by Gasteiger charge is 2.23.